The number of nitrogens with two attached hydrogens (primary N) is 2. The Morgan fingerprint density at radius 2 is 1.84 bits per heavy atom. The van der Waals surface area contributed by atoms with E-state index < -0.39 is 0 Å². The number of hydrogen-bond acceptors (Lipinski definition) is 5. The summed E-state index contributed by atoms with van der Waals surface area (Å²) in [6.45, 7) is 0.942. The lowest BCUT2D eigenvalue weighted by atomic mass is 9.86. The summed E-state index contributed by atoms with van der Waals surface area (Å²) >= 11 is 0. The van der Waals surface area contributed by atoms with Crippen LogP contribution in [0.25, 0.3) is 11.3 Å². The molecular weight excluding hydrogens is 310 g/mol. The number of fused-ring (bicyclic) bond motifs is 3. The number of nitrogens with one attached hydrogen (secondary N) is 1. The second kappa shape index (κ2) is 7.00. The van der Waals surface area contributed by atoms with Crippen LogP contribution in [0.2, 0.25) is 0 Å². The molecule has 0 radical (unpaired) electrons. The maximum Gasteiger partial charge on any atom is 0.222 e. The van der Waals surface area contributed by atoms with Gasteiger partial charge in [0, 0.05) is 23.7 Å². The van der Waals surface area contributed by atoms with Gasteiger partial charge in [0.2, 0.25) is 5.95 Å². The Balaban J connectivity index is 1.61. The zero-order chi connectivity index (χ0) is 17.2. The summed E-state index contributed by atoms with van der Waals surface area (Å²) in [5.41, 5.74) is 16.8. The Morgan fingerprint density at radius 1 is 1.04 bits per heavy atom. The SMILES string of the molecule is Nc1nc(NCC2CCC(N)CC2)c2c(n1)-c1ccccc1CCC2. The zero-order valence-electron chi connectivity index (χ0n) is 14.7. The van der Waals surface area contributed by atoms with E-state index in [4.69, 9.17) is 11.5 Å². The van der Waals surface area contributed by atoms with E-state index in [-0.39, 0.29) is 0 Å². The van der Waals surface area contributed by atoms with E-state index >= 15 is 0 Å². The normalized spacial score (nSPS) is 22.6. The number of aryl methyl sites for hydroxylation is 1. The second-order valence-corrected chi connectivity index (χ2v) is 7.43. The highest BCUT2D eigenvalue weighted by Gasteiger charge is 2.22. The molecule has 0 saturated heterocycles. The maximum absolute atomic E-state index is 6.04. The third-order valence-electron chi connectivity index (χ3n) is 5.62. The third kappa shape index (κ3) is 3.47. The largest absolute Gasteiger partial charge is 0.369 e. The lowest BCUT2D eigenvalue weighted by Crippen LogP contribution is -2.29. The van der Waals surface area contributed by atoms with Gasteiger partial charge in [0.15, 0.2) is 0 Å². The van der Waals surface area contributed by atoms with Gasteiger partial charge in [-0.3, -0.25) is 0 Å². The van der Waals surface area contributed by atoms with Crippen molar-refractivity contribution in [2.24, 2.45) is 11.7 Å². The first-order valence-electron chi connectivity index (χ1n) is 9.45. The molecule has 2 aliphatic carbocycles. The quantitative estimate of drug-likeness (QED) is 0.800. The van der Waals surface area contributed by atoms with Crippen molar-refractivity contribution in [3.63, 3.8) is 0 Å². The maximum atomic E-state index is 6.04. The van der Waals surface area contributed by atoms with Crippen molar-refractivity contribution in [1.82, 2.24) is 9.97 Å². The van der Waals surface area contributed by atoms with Crippen LogP contribution in [-0.4, -0.2) is 22.6 Å². The Labute approximate surface area is 149 Å². The molecule has 1 aromatic carbocycles. The number of benzene rings is 1. The molecule has 0 unspecified atom stereocenters. The van der Waals surface area contributed by atoms with Crippen LogP contribution >= 0.6 is 0 Å². The van der Waals surface area contributed by atoms with Gasteiger partial charge in [0.25, 0.3) is 0 Å². The van der Waals surface area contributed by atoms with Gasteiger partial charge in [-0.25, -0.2) is 4.98 Å². The van der Waals surface area contributed by atoms with Crippen LogP contribution < -0.4 is 16.8 Å². The molecular formula is C20H27N5. The van der Waals surface area contributed by atoms with E-state index in [9.17, 15) is 0 Å². The zero-order valence-corrected chi connectivity index (χ0v) is 14.7. The molecule has 0 aliphatic heterocycles. The van der Waals surface area contributed by atoms with E-state index in [1.807, 2.05) is 0 Å². The Kier molecular flexibility index (Phi) is 4.57. The fourth-order valence-corrected chi connectivity index (χ4v) is 4.17. The van der Waals surface area contributed by atoms with E-state index in [0.717, 1.165) is 50.2 Å². The minimum absolute atomic E-state index is 0.351. The third-order valence-corrected chi connectivity index (χ3v) is 5.62. The van der Waals surface area contributed by atoms with Gasteiger partial charge in [-0.2, -0.15) is 4.98 Å². The number of nitrogen functional groups attached to an aromatic ring is 1. The van der Waals surface area contributed by atoms with Gasteiger partial charge < -0.3 is 16.8 Å². The molecule has 1 saturated carbocycles. The molecule has 5 heteroatoms. The summed E-state index contributed by atoms with van der Waals surface area (Å²) in [5.74, 6) is 1.95. The summed E-state index contributed by atoms with van der Waals surface area (Å²) in [5, 5.41) is 3.58. The predicted octanol–water partition coefficient (Wildman–Crippen LogP) is 3.14. The Morgan fingerprint density at radius 3 is 2.68 bits per heavy atom. The molecule has 25 heavy (non-hydrogen) atoms. The molecule has 1 aromatic heterocycles. The number of hydrogen-bond donors (Lipinski definition) is 3. The molecule has 0 bridgehead atoms. The summed E-state index contributed by atoms with van der Waals surface area (Å²) in [6, 6.07) is 8.91. The van der Waals surface area contributed by atoms with Crippen LogP contribution in [0, 0.1) is 5.92 Å². The summed E-state index contributed by atoms with van der Waals surface area (Å²) in [7, 11) is 0. The van der Waals surface area contributed by atoms with Crippen molar-refractivity contribution in [2.75, 3.05) is 17.6 Å². The molecule has 5 N–H and O–H groups in total. The summed E-state index contributed by atoms with van der Waals surface area (Å²) in [6.07, 6.45) is 7.83. The summed E-state index contributed by atoms with van der Waals surface area (Å²) < 4.78 is 0. The molecule has 2 aliphatic rings. The minimum atomic E-state index is 0.351. The highest BCUT2D eigenvalue weighted by atomic mass is 15.1. The van der Waals surface area contributed by atoms with Gasteiger partial charge in [-0.05, 0) is 56.4 Å². The monoisotopic (exact) mass is 337 g/mol. The van der Waals surface area contributed by atoms with Crippen LogP contribution in [0.3, 0.4) is 0 Å². The lowest BCUT2D eigenvalue weighted by Gasteiger charge is -2.26. The molecule has 5 nitrogen and oxygen atoms in total. The van der Waals surface area contributed by atoms with Gasteiger partial charge in [-0.1, -0.05) is 24.3 Å². The second-order valence-electron chi connectivity index (χ2n) is 7.43. The van der Waals surface area contributed by atoms with Gasteiger partial charge in [0.05, 0.1) is 5.69 Å². The molecule has 0 atom stereocenters. The van der Waals surface area contributed by atoms with Crippen molar-refractivity contribution < 1.29 is 0 Å². The Hall–Kier alpha value is -2.14. The fraction of sp³-hybridized carbons (Fsp3) is 0.500. The molecule has 0 amide bonds. The highest BCUT2D eigenvalue weighted by molar-refractivity contribution is 5.73. The first kappa shape index (κ1) is 16.3. The van der Waals surface area contributed by atoms with Crippen LogP contribution in [-0.2, 0) is 12.8 Å². The number of rotatable bonds is 3. The van der Waals surface area contributed by atoms with Crippen LogP contribution in [0.5, 0.6) is 0 Å². The average molecular weight is 337 g/mol. The van der Waals surface area contributed by atoms with Crippen molar-refractivity contribution in [3.05, 3.63) is 35.4 Å². The topological polar surface area (TPSA) is 89.8 Å². The van der Waals surface area contributed by atoms with Crippen molar-refractivity contribution in [2.45, 2.75) is 51.0 Å². The molecule has 2 aromatic rings. The smallest absolute Gasteiger partial charge is 0.222 e. The molecule has 4 rings (SSSR count). The molecule has 1 heterocycles. The van der Waals surface area contributed by atoms with Crippen molar-refractivity contribution in [1.29, 1.82) is 0 Å². The molecule has 1 fully saturated rings. The standard InChI is InChI=1S/C20H27N5/c21-15-10-8-13(9-11-15)12-23-19-17-7-3-5-14-4-1-2-6-16(14)18(17)24-20(22)25-19/h1-2,4,6,13,15H,3,5,7-12,21H2,(H3,22,23,24,25). The predicted molar refractivity (Wildman–Crippen MR) is 102 cm³/mol. The minimum Gasteiger partial charge on any atom is -0.369 e. The first-order valence-corrected chi connectivity index (χ1v) is 9.45. The van der Waals surface area contributed by atoms with Crippen LogP contribution in [0.1, 0.15) is 43.2 Å². The fourth-order valence-electron chi connectivity index (χ4n) is 4.17. The van der Waals surface area contributed by atoms with Gasteiger partial charge >= 0.3 is 0 Å². The number of aromatic nitrogens is 2. The first-order chi connectivity index (χ1) is 12.2. The van der Waals surface area contributed by atoms with Crippen LogP contribution in [0.4, 0.5) is 11.8 Å². The van der Waals surface area contributed by atoms with Gasteiger partial charge in [0.1, 0.15) is 5.82 Å². The summed E-state index contributed by atoms with van der Waals surface area (Å²) in [4.78, 5) is 9.12. The molecule has 132 valence electrons. The highest BCUT2D eigenvalue weighted by Crippen LogP contribution is 2.35. The van der Waals surface area contributed by atoms with Gasteiger partial charge in [-0.15, -0.1) is 0 Å². The average Bonchev–Trinajstić information content (AvgIpc) is 2.81. The van der Waals surface area contributed by atoms with Crippen molar-refractivity contribution in [3.8, 4) is 11.3 Å². The Bertz CT molecular complexity index is 750. The van der Waals surface area contributed by atoms with Crippen molar-refractivity contribution >= 4 is 11.8 Å². The lowest BCUT2D eigenvalue weighted by molar-refractivity contribution is 0.338. The van der Waals surface area contributed by atoms with E-state index in [1.54, 1.807) is 0 Å². The van der Waals surface area contributed by atoms with E-state index in [1.165, 1.54) is 29.5 Å². The van der Waals surface area contributed by atoms with E-state index in [2.05, 4.69) is 39.6 Å². The number of anilines is 2. The molecule has 0 spiro atoms. The van der Waals surface area contributed by atoms with E-state index in [0.29, 0.717) is 17.9 Å². The number of nitrogens with zero attached hydrogens (tertiary/aromatic N) is 2. The van der Waals surface area contributed by atoms with Crippen LogP contribution in [0.15, 0.2) is 24.3 Å².